The molecule has 6 rings (SSSR count). The molecule has 0 unspecified atom stereocenters. The Bertz CT molecular complexity index is 1020. The quantitative estimate of drug-likeness (QED) is 0.682. The van der Waals surface area contributed by atoms with Gasteiger partial charge in [0.2, 0.25) is 0 Å². The molecule has 0 aliphatic carbocycles. The summed E-state index contributed by atoms with van der Waals surface area (Å²) in [5.74, 6) is 3.33. The fourth-order valence-corrected chi connectivity index (χ4v) is 5.26. The predicted octanol–water partition coefficient (Wildman–Crippen LogP) is 4.02. The summed E-state index contributed by atoms with van der Waals surface area (Å²) in [4.78, 5) is 17.5. The van der Waals surface area contributed by atoms with E-state index >= 15 is 0 Å². The molecule has 2 bridgehead atoms. The van der Waals surface area contributed by atoms with Crippen LogP contribution >= 0.6 is 0 Å². The van der Waals surface area contributed by atoms with E-state index in [-0.39, 0.29) is 30.7 Å². The van der Waals surface area contributed by atoms with Gasteiger partial charge in [-0.1, -0.05) is 24.1 Å². The van der Waals surface area contributed by atoms with Crippen molar-refractivity contribution in [1.29, 1.82) is 0 Å². The Morgan fingerprint density at radius 3 is 2.59 bits per heavy atom. The van der Waals surface area contributed by atoms with Gasteiger partial charge >= 0.3 is 6.09 Å². The third-order valence-corrected chi connectivity index (χ3v) is 6.93. The highest BCUT2D eigenvalue weighted by Crippen LogP contribution is 2.38. The number of piperidine rings is 3. The van der Waals surface area contributed by atoms with Crippen LogP contribution in [0.1, 0.15) is 35.6 Å². The van der Waals surface area contributed by atoms with Crippen molar-refractivity contribution < 1.29 is 18.7 Å². The molecule has 166 valence electrons. The third kappa shape index (κ3) is 4.05. The normalized spacial score (nSPS) is 26.2. The van der Waals surface area contributed by atoms with Crippen molar-refractivity contribution >= 4 is 6.09 Å². The topological polar surface area (TPSA) is 42.0 Å². The lowest BCUT2D eigenvalue weighted by molar-refractivity contribution is -0.0462. The maximum atomic E-state index is 13.6. The molecule has 0 radical (unpaired) electrons. The van der Waals surface area contributed by atoms with Gasteiger partial charge in [0.05, 0.1) is 6.04 Å². The molecular weight excluding hydrogens is 407 g/mol. The van der Waals surface area contributed by atoms with Crippen molar-refractivity contribution in [2.24, 2.45) is 5.92 Å². The highest BCUT2D eigenvalue weighted by Gasteiger charge is 2.39. The van der Waals surface area contributed by atoms with E-state index < -0.39 is 0 Å². The van der Waals surface area contributed by atoms with E-state index in [1.807, 2.05) is 18.2 Å². The minimum atomic E-state index is -0.338. The number of ether oxygens (including phenoxy) is 2. The number of fused-ring (bicyclic) bond motifs is 4. The second kappa shape index (κ2) is 8.84. The van der Waals surface area contributed by atoms with Crippen molar-refractivity contribution in [2.45, 2.75) is 31.4 Å². The Hall–Kier alpha value is -3.04. The zero-order chi connectivity index (χ0) is 22.1. The molecule has 3 saturated heterocycles. The summed E-state index contributed by atoms with van der Waals surface area (Å²) in [6, 6.07) is 11.8. The number of terminal acetylenes is 1. The van der Waals surface area contributed by atoms with Crippen molar-refractivity contribution in [3.63, 3.8) is 0 Å². The minimum Gasteiger partial charge on any atom is -0.481 e. The Morgan fingerprint density at radius 1 is 1.12 bits per heavy atom. The zero-order valence-electron chi connectivity index (χ0n) is 18.0. The van der Waals surface area contributed by atoms with E-state index in [4.69, 9.17) is 15.9 Å². The first-order chi connectivity index (χ1) is 15.6. The van der Waals surface area contributed by atoms with E-state index in [0.29, 0.717) is 24.6 Å². The van der Waals surface area contributed by atoms with Crippen LogP contribution in [0.25, 0.3) is 0 Å². The van der Waals surface area contributed by atoms with Crippen LogP contribution < -0.4 is 4.74 Å². The molecule has 4 aliphatic heterocycles. The molecule has 0 saturated carbocycles. The van der Waals surface area contributed by atoms with Gasteiger partial charge in [-0.3, -0.25) is 9.80 Å². The van der Waals surface area contributed by atoms with Gasteiger partial charge in [-0.25, -0.2) is 9.18 Å². The molecule has 4 heterocycles. The summed E-state index contributed by atoms with van der Waals surface area (Å²) < 4.78 is 25.3. The van der Waals surface area contributed by atoms with Crippen LogP contribution in [0.3, 0.4) is 0 Å². The Kier molecular flexibility index (Phi) is 5.75. The average molecular weight is 435 g/mol. The summed E-state index contributed by atoms with van der Waals surface area (Å²) in [5, 5.41) is 0. The molecule has 0 aromatic heterocycles. The van der Waals surface area contributed by atoms with E-state index in [1.165, 1.54) is 12.1 Å². The van der Waals surface area contributed by atoms with Crippen molar-refractivity contribution in [2.75, 3.05) is 32.8 Å². The SMILES string of the molecule is C#CCOc1ccc2c(c1)CCN(C(=O)O[C@@H]1CN3CCC1CC3)[C@@H]2c1ccc(F)cc1. The Morgan fingerprint density at radius 2 is 1.91 bits per heavy atom. The molecule has 2 aromatic rings. The molecule has 2 aromatic carbocycles. The Balaban J connectivity index is 1.43. The molecule has 1 amide bonds. The van der Waals surface area contributed by atoms with Gasteiger partial charge in [0.1, 0.15) is 24.3 Å². The lowest BCUT2D eigenvalue weighted by Gasteiger charge is -2.45. The van der Waals surface area contributed by atoms with Crippen LogP contribution in [0.15, 0.2) is 42.5 Å². The van der Waals surface area contributed by atoms with Crippen LogP contribution in [0.5, 0.6) is 5.75 Å². The van der Waals surface area contributed by atoms with E-state index in [9.17, 15) is 9.18 Å². The van der Waals surface area contributed by atoms with Gasteiger partial charge in [-0.05, 0) is 79.2 Å². The molecule has 4 aliphatic rings. The van der Waals surface area contributed by atoms with Crippen LogP contribution in [0, 0.1) is 24.1 Å². The first-order valence-corrected chi connectivity index (χ1v) is 11.3. The smallest absolute Gasteiger partial charge is 0.410 e. The minimum absolute atomic E-state index is 0.0557. The monoisotopic (exact) mass is 434 g/mol. The molecule has 0 spiro atoms. The van der Waals surface area contributed by atoms with Gasteiger partial charge < -0.3 is 9.47 Å². The molecule has 3 fully saturated rings. The molecular formula is C26H27FN2O3. The van der Waals surface area contributed by atoms with Crippen LogP contribution in [-0.2, 0) is 11.2 Å². The van der Waals surface area contributed by atoms with Crippen molar-refractivity contribution in [3.8, 4) is 18.1 Å². The Labute approximate surface area is 188 Å². The molecule has 6 heteroatoms. The second-order valence-corrected chi connectivity index (χ2v) is 8.81. The van der Waals surface area contributed by atoms with E-state index in [0.717, 1.165) is 49.2 Å². The summed E-state index contributed by atoms with van der Waals surface area (Å²) in [7, 11) is 0. The van der Waals surface area contributed by atoms with Crippen molar-refractivity contribution in [1.82, 2.24) is 9.80 Å². The largest absolute Gasteiger partial charge is 0.481 e. The molecule has 5 nitrogen and oxygen atoms in total. The van der Waals surface area contributed by atoms with E-state index in [1.54, 1.807) is 17.0 Å². The first kappa shape index (κ1) is 20.8. The number of benzene rings is 2. The van der Waals surface area contributed by atoms with Gasteiger partial charge in [0, 0.05) is 13.1 Å². The lowest BCUT2D eigenvalue weighted by atomic mass is 9.86. The standard InChI is InChI=1S/C26H27FN2O3/c1-2-15-31-22-7-8-23-20(16-22)11-14-29(25(23)19-3-5-21(27)6-4-19)26(30)32-24-17-28-12-9-18(24)10-13-28/h1,3-8,16,18,24-25H,9-15,17H2/t24-,25-/m1/s1. The first-order valence-electron chi connectivity index (χ1n) is 11.3. The zero-order valence-corrected chi connectivity index (χ0v) is 18.0. The van der Waals surface area contributed by atoms with E-state index in [2.05, 4.69) is 10.8 Å². The van der Waals surface area contributed by atoms with Gasteiger partial charge in [-0.15, -0.1) is 6.42 Å². The molecule has 0 N–H and O–H groups in total. The number of hydrogen-bond acceptors (Lipinski definition) is 4. The predicted molar refractivity (Wildman–Crippen MR) is 119 cm³/mol. The maximum Gasteiger partial charge on any atom is 0.410 e. The van der Waals surface area contributed by atoms with Crippen LogP contribution in [0.2, 0.25) is 0 Å². The maximum absolute atomic E-state index is 13.6. The summed E-state index contributed by atoms with van der Waals surface area (Å²) in [5.41, 5.74) is 2.96. The highest BCUT2D eigenvalue weighted by molar-refractivity contribution is 5.70. The van der Waals surface area contributed by atoms with Crippen LogP contribution in [-0.4, -0.2) is 54.8 Å². The summed E-state index contributed by atoms with van der Waals surface area (Å²) >= 11 is 0. The average Bonchev–Trinajstić information content (AvgIpc) is 2.83. The number of rotatable bonds is 4. The number of carbonyl (C=O) groups is 1. The summed E-state index contributed by atoms with van der Waals surface area (Å²) in [6.45, 7) is 3.74. The number of nitrogens with zero attached hydrogens (tertiary/aromatic N) is 2. The molecule has 2 atom stereocenters. The molecule has 32 heavy (non-hydrogen) atoms. The number of hydrogen-bond donors (Lipinski definition) is 0. The van der Waals surface area contributed by atoms with Crippen LogP contribution in [0.4, 0.5) is 9.18 Å². The van der Waals surface area contributed by atoms with Gasteiger partial charge in [0.25, 0.3) is 0 Å². The number of carbonyl (C=O) groups excluding carboxylic acids is 1. The second-order valence-electron chi connectivity index (χ2n) is 8.81. The van der Waals surface area contributed by atoms with Gasteiger partial charge in [0.15, 0.2) is 0 Å². The van der Waals surface area contributed by atoms with Crippen molar-refractivity contribution in [3.05, 3.63) is 65.0 Å². The fraction of sp³-hybridized carbons (Fsp3) is 0.423. The number of halogens is 1. The highest BCUT2D eigenvalue weighted by atomic mass is 19.1. The van der Waals surface area contributed by atoms with Gasteiger partial charge in [-0.2, -0.15) is 0 Å². The summed E-state index contributed by atoms with van der Waals surface area (Å²) in [6.07, 6.45) is 7.82. The number of amides is 1. The lowest BCUT2D eigenvalue weighted by Crippen LogP contribution is -2.53. The fourth-order valence-electron chi connectivity index (χ4n) is 5.26. The third-order valence-electron chi connectivity index (χ3n) is 6.93.